The van der Waals surface area contributed by atoms with E-state index in [2.05, 4.69) is 0 Å². The van der Waals surface area contributed by atoms with E-state index < -0.39 is 5.97 Å². The third-order valence-corrected chi connectivity index (χ3v) is 4.59. The Kier molecular flexibility index (Phi) is 5.24. The van der Waals surface area contributed by atoms with Crippen LogP contribution in [-0.4, -0.2) is 47.4 Å². The average molecular weight is 373 g/mol. The Morgan fingerprint density at radius 2 is 2.12 bits per heavy atom. The van der Waals surface area contributed by atoms with E-state index in [0.717, 1.165) is 16.7 Å². The number of ether oxygens (including phenoxy) is 1. The van der Waals surface area contributed by atoms with Gasteiger partial charge in [0.15, 0.2) is 0 Å². The van der Waals surface area contributed by atoms with Crippen LogP contribution in [0.15, 0.2) is 45.7 Å². The summed E-state index contributed by atoms with van der Waals surface area (Å²) in [7, 11) is 1.50. The lowest BCUT2D eigenvalue weighted by molar-refractivity contribution is -0.123. The highest BCUT2D eigenvalue weighted by Gasteiger charge is 2.34. The van der Waals surface area contributed by atoms with Crippen LogP contribution in [-0.2, 0) is 9.53 Å². The van der Waals surface area contributed by atoms with E-state index in [9.17, 15) is 14.4 Å². The largest absolute Gasteiger partial charge is 0.478 e. The topological polar surface area (TPSA) is 97.1 Å². The summed E-state index contributed by atoms with van der Waals surface area (Å²) in [5.74, 6) is -0.540. The lowest BCUT2D eigenvalue weighted by Crippen LogP contribution is -2.31. The molecule has 1 aromatic carbocycles. The fourth-order valence-corrected chi connectivity index (χ4v) is 3.24. The minimum Gasteiger partial charge on any atom is -0.478 e. The molecule has 26 heavy (non-hydrogen) atoms. The number of methoxy groups -OCH3 is 1. The van der Waals surface area contributed by atoms with Crippen molar-refractivity contribution in [3.05, 3.63) is 52.6 Å². The number of carboxylic acids is 1. The van der Waals surface area contributed by atoms with Crippen LogP contribution >= 0.6 is 11.8 Å². The van der Waals surface area contributed by atoms with Crippen LogP contribution in [0.25, 0.3) is 17.4 Å². The Hall–Kier alpha value is -2.84. The smallest absolute Gasteiger partial charge is 0.335 e. The second-order valence-electron chi connectivity index (χ2n) is 5.41. The number of rotatable bonds is 6. The van der Waals surface area contributed by atoms with Crippen LogP contribution < -0.4 is 0 Å². The lowest BCUT2D eigenvalue weighted by Gasteiger charge is -2.10. The molecule has 2 aromatic rings. The standard InChI is InChI=1S/C18H15NO6S/c1-24-8-7-19-16(20)15(26-18(19)23)10-13-5-6-14(25-13)11-3-2-4-12(9-11)17(21)22/h2-6,9-10H,7-8H2,1H3,(H,21,22)/b15-10-. The molecule has 0 unspecified atom stereocenters. The minimum absolute atomic E-state index is 0.153. The number of carboxylic acid groups (broad SMARTS) is 1. The van der Waals surface area contributed by atoms with Crippen molar-refractivity contribution in [1.29, 1.82) is 0 Å². The van der Waals surface area contributed by atoms with Crippen molar-refractivity contribution in [2.75, 3.05) is 20.3 Å². The molecule has 0 radical (unpaired) electrons. The maximum absolute atomic E-state index is 12.3. The van der Waals surface area contributed by atoms with Gasteiger partial charge >= 0.3 is 5.97 Å². The van der Waals surface area contributed by atoms with Crippen molar-refractivity contribution >= 4 is 35.0 Å². The SMILES string of the molecule is COCCN1C(=O)S/C(=C\c2ccc(-c3cccc(C(=O)O)c3)o2)C1=O. The van der Waals surface area contributed by atoms with E-state index in [1.165, 1.54) is 25.3 Å². The van der Waals surface area contributed by atoms with Gasteiger partial charge in [0.2, 0.25) is 0 Å². The van der Waals surface area contributed by atoms with Crippen LogP contribution in [0.5, 0.6) is 0 Å². The normalized spacial score (nSPS) is 15.9. The van der Waals surface area contributed by atoms with Crippen molar-refractivity contribution in [3.63, 3.8) is 0 Å². The highest BCUT2D eigenvalue weighted by atomic mass is 32.2. The molecule has 0 saturated carbocycles. The molecule has 1 aromatic heterocycles. The van der Waals surface area contributed by atoms with Crippen LogP contribution in [0.1, 0.15) is 16.1 Å². The molecule has 1 saturated heterocycles. The number of carbonyl (C=O) groups excluding carboxylic acids is 2. The molecule has 1 aliphatic heterocycles. The summed E-state index contributed by atoms with van der Waals surface area (Å²) in [6.45, 7) is 0.472. The first-order chi connectivity index (χ1) is 12.5. The van der Waals surface area contributed by atoms with Gasteiger partial charge in [-0.1, -0.05) is 12.1 Å². The molecule has 1 N–H and O–H groups in total. The molecular formula is C18H15NO6S. The quantitative estimate of drug-likeness (QED) is 0.776. The zero-order chi connectivity index (χ0) is 18.7. The number of nitrogens with zero attached hydrogens (tertiary/aromatic N) is 1. The van der Waals surface area contributed by atoms with Gasteiger partial charge in [0.05, 0.1) is 23.6 Å². The Labute approximate surface area is 153 Å². The third-order valence-electron chi connectivity index (χ3n) is 3.69. The van der Waals surface area contributed by atoms with Gasteiger partial charge in [-0.2, -0.15) is 0 Å². The molecule has 0 atom stereocenters. The number of aromatic carboxylic acids is 1. The number of carbonyl (C=O) groups is 3. The molecule has 0 bridgehead atoms. The monoisotopic (exact) mass is 373 g/mol. The van der Waals surface area contributed by atoms with Gasteiger partial charge in [-0.15, -0.1) is 0 Å². The molecule has 0 spiro atoms. The Bertz CT molecular complexity index is 901. The first kappa shape index (κ1) is 18.0. The Morgan fingerprint density at radius 1 is 1.31 bits per heavy atom. The number of hydrogen-bond acceptors (Lipinski definition) is 6. The highest BCUT2D eigenvalue weighted by molar-refractivity contribution is 8.18. The highest BCUT2D eigenvalue weighted by Crippen LogP contribution is 2.33. The second-order valence-corrected chi connectivity index (χ2v) is 6.41. The van der Waals surface area contributed by atoms with Crippen molar-refractivity contribution in [2.24, 2.45) is 0 Å². The first-order valence-corrected chi connectivity index (χ1v) is 8.49. The maximum atomic E-state index is 12.3. The number of furan rings is 1. The fraction of sp³-hybridized carbons (Fsp3) is 0.167. The van der Waals surface area contributed by atoms with Crippen LogP contribution in [0.2, 0.25) is 0 Å². The van der Waals surface area contributed by atoms with Gasteiger partial charge < -0.3 is 14.3 Å². The second kappa shape index (κ2) is 7.59. The number of benzene rings is 1. The van der Waals surface area contributed by atoms with Gasteiger partial charge in [0.25, 0.3) is 11.1 Å². The zero-order valence-corrected chi connectivity index (χ0v) is 14.6. The van der Waals surface area contributed by atoms with Crippen molar-refractivity contribution < 1.29 is 28.6 Å². The molecule has 1 aliphatic rings. The molecule has 8 heteroatoms. The molecular weight excluding hydrogens is 358 g/mol. The van der Waals surface area contributed by atoms with Gasteiger partial charge in [-0.25, -0.2) is 4.79 Å². The molecule has 7 nitrogen and oxygen atoms in total. The summed E-state index contributed by atoms with van der Waals surface area (Å²) in [5, 5.41) is 8.72. The number of thioether (sulfide) groups is 1. The van der Waals surface area contributed by atoms with Crippen LogP contribution in [0, 0.1) is 0 Å². The molecule has 2 amide bonds. The van der Waals surface area contributed by atoms with Gasteiger partial charge in [-0.05, 0) is 36.0 Å². The zero-order valence-electron chi connectivity index (χ0n) is 13.8. The van der Waals surface area contributed by atoms with Crippen molar-refractivity contribution in [1.82, 2.24) is 4.90 Å². The molecule has 134 valence electrons. The predicted octanol–water partition coefficient (Wildman–Crippen LogP) is 3.33. The summed E-state index contributed by atoms with van der Waals surface area (Å²) < 4.78 is 10.6. The van der Waals surface area contributed by atoms with Gasteiger partial charge in [0, 0.05) is 18.7 Å². The Balaban J connectivity index is 1.81. The van der Waals surface area contributed by atoms with E-state index in [0.29, 0.717) is 17.1 Å². The van der Waals surface area contributed by atoms with Gasteiger partial charge in [-0.3, -0.25) is 14.5 Å². The summed E-state index contributed by atoms with van der Waals surface area (Å²) >= 11 is 0.844. The van der Waals surface area contributed by atoms with E-state index in [1.807, 2.05) is 0 Å². The van der Waals surface area contributed by atoms with E-state index >= 15 is 0 Å². The van der Waals surface area contributed by atoms with E-state index in [-0.39, 0.29) is 34.8 Å². The fourth-order valence-electron chi connectivity index (χ4n) is 2.40. The maximum Gasteiger partial charge on any atom is 0.335 e. The minimum atomic E-state index is -1.02. The van der Waals surface area contributed by atoms with Crippen LogP contribution in [0.3, 0.4) is 0 Å². The summed E-state index contributed by atoms with van der Waals surface area (Å²) in [4.78, 5) is 36.6. The number of hydrogen-bond donors (Lipinski definition) is 1. The molecule has 1 fully saturated rings. The molecule has 2 heterocycles. The number of amides is 2. The first-order valence-electron chi connectivity index (χ1n) is 7.67. The van der Waals surface area contributed by atoms with E-state index in [4.69, 9.17) is 14.3 Å². The lowest BCUT2D eigenvalue weighted by atomic mass is 10.1. The van der Waals surface area contributed by atoms with Crippen molar-refractivity contribution in [3.8, 4) is 11.3 Å². The summed E-state index contributed by atoms with van der Waals surface area (Å²) in [5.41, 5.74) is 0.762. The predicted molar refractivity (Wildman–Crippen MR) is 95.7 cm³/mol. The summed E-state index contributed by atoms with van der Waals surface area (Å²) in [6.07, 6.45) is 1.50. The van der Waals surface area contributed by atoms with Crippen LogP contribution in [0.4, 0.5) is 4.79 Å². The average Bonchev–Trinajstić information content (AvgIpc) is 3.19. The van der Waals surface area contributed by atoms with E-state index in [1.54, 1.807) is 24.3 Å². The summed E-state index contributed by atoms with van der Waals surface area (Å²) in [6, 6.07) is 9.69. The Morgan fingerprint density at radius 3 is 2.85 bits per heavy atom. The molecule has 0 aliphatic carbocycles. The van der Waals surface area contributed by atoms with Gasteiger partial charge in [0.1, 0.15) is 11.5 Å². The molecule has 3 rings (SSSR count). The third kappa shape index (κ3) is 3.71. The van der Waals surface area contributed by atoms with Crippen molar-refractivity contribution in [2.45, 2.75) is 0 Å². The number of imide groups is 1.